The van der Waals surface area contributed by atoms with Crippen molar-refractivity contribution >= 4 is 5.91 Å². The number of carbonyl (C=O) groups excluding carboxylic acids is 1. The first kappa shape index (κ1) is 17.2. The number of rotatable bonds is 4. The van der Waals surface area contributed by atoms with E-state index in [-0.39, 0.29) is 18.0 Å². The summed E-state index contributed by atoms with van der Waals surface area (Å²) in [6, 6.07) is 9.74. The fourth-order valence-corrected chi connectivity index (χ4v) is 3.74. The normalized spacial score (nSPS) is 26.0. The molecular formula is C19H25N5O2. The van der Waals surface area contributed by atoms with Crippen molar-refractivity contribution in [1.82, 2.24) is 25.9 Å². The number of carbonyl (C=O) groups is 1. The van der Waals surface area contributed by atoms with Crippen LogP contribution in [0.25, 0.3) is 11.4 Å². The summed E-state index contributed by atoms with van der Waals surface area (Å²) >= 11 is 0. The third-order valence-electron chi connectivity index (χ3n) is 5.33. The van der Waals surface area contributed by atoms with Gasteiger partial charge in [0, 0.05) is 18.2 Å². The Labute approximate surface area is 153 Å². The first-order valence-corrected chi connectivity index (χ1v) is 9.34. The Kier molecular flexibility index (Phi) is 4.74. The highest BCUT2D eigenvalue weighted by atomic mass is 16.5. The molecule has 0 saturated carbocycles. The van der Waals surface area contributed by atoms with Gasteiger partial charge in [-0.3, -0.25) is 10.2 Å². The van der Waals surface area contributed by atoms with Crippen molar-refractivity contribution < 1.29 is 9.32 Å². The molecule has 7 heteroatoms. The molecule has 2 aromatic rings. The maximum atomic E-state index is 13.0. The molecule has 3 unspecified atom stereocenters. The van der Waals surface area contributed by atoms with E-state index in [9.17, 15) is 4.79 Å². The number of amides is 1. The minimum absolute atomic E-state index is 0.114. The molecule has 1 amide bonds. The van der Waals surface area contributed by atoms with Crippen LogP contribution in [0.4, 0.5) is 0 Å². The molecule has 0 bridgehead atoms. The molecule has 1 aromatic heterocycles. The average Bonchev–Trinajstić information content (AvgIpc) is 3.41. The molecule has 4 rings (SSSR count). The van der Waals surface area contributed by atoms with Crippen molar-refractivity contribution in [3.63, 3.8) is 0 Å². The van der Waals surface area contributed by atoms with E-state index in [4.69, 9.17) is 4.52 Å². The van der Waals surface area contributed by atoms with E-state index in [1.165, 1.54) is 0 Å². The van der Waals surface area contributed by atoms with Crippen LogP contribution in [0, 0.1) is 5.92 Å². The number of hydrogen-bond acceptors (Lipinski definition) is 6. The molecule has 2 aliphatic heterocycles. The molecule has 0 radical (unpaired) electrons. The van der Waals surface area contributed by atoms with Crippen LogP contribution >= 0.6 is 0 Å². The summed E-state index contributed by atoms with van der Waals surface area (Å²) in [6.45, 7) is 5.06. The minimum atomic E-state index is -0.195. The summed E-state index contributed by atoms with van der Waals surface area (Å²) in [5, 5.41) is 4.11. The van der Waals surface area contributed by atoms with Gasteiger partial charge in [-0.25, -0.2) is 5.43 Å². The van der Waals surface area contributed by atoms with Crippen LogP contribution in [0.3, 0.4) is 0 Å². The number of aromatic nitrogens is 2. The van der Waals surface area contributed by atoms with Crippen molar-refractivity contribution in [3.8, 4) is 11.4 Å². The van der Waals surface area contributed by atoms with Crippen LogP contribution in [0.2, 0.25) is 0 Å². The Morgan fingerprint density at radius 2 is 2.08 bits per heavy atom. The van der Waals surface area contributed by atoms with E-state index < -0.39 is 0 Å². The van der Waals surface area contributed by atoms with Gasteiger partial charge in [0.2, 0.25) is 17.6 Å². The van der Waals surface area contributed by atoms with Crippen LogP contribution in [0.5, 0.6) is 0 Å². The largest absolute Gasteiger partial charge is 0.337 e. The van der Waals surface area contributed by atoms with E-state index in [1.807, 2.05) is 35.2 Å². The molecule has 1 aromatic carbocycles. The monoisotopic (exact) mass is 355 g/mol. The van der Waals surface area contributed by atoms with E-state index in [2.05, 4.69) is 34.8 Å². The van der Waals surface area contributed by atoms with Gasteiger partial charge in [-0.2, -0.15) is 4.98 Å². The third-order valence-corrected chi connectivity index (χ3v) is 5.33. The number of likely N-dealkylation sites (tertiary alicyclic amines) is 1. The topological polar surface area (TPSA) is 83.3 Å². The number of nitrogens with one attached hydrogen (secondary N) is 2. The Balaban J connectivity index is 1.49. The molecule has 2 aliphatic rings. The summed E-state index contributed by atoms with van der Waals surface area (Å²) in [6.07, 6.45) is 2.61. The van der Waals surface area contributed by atoms with Gasteiger partial charge in [0.15, 0.2) is 0 Å². The highest BCUT2D eigenvalue weighted by Gasteiger charge is 2.40. The molecule has 0 aliphatic carbocycles. The lowest BCUT2D eigenvalue weighted by molar-refractivity contribution is -0.134. The van der Waals surface area contributed by atoms with Crippen molar-refractivity contribution in [1.29, 1.82) is 0 Å². The van der Waals surface area contributed by atoms with Crippen molar-refractivity contribution in [3.05, 3.63) is 36.2 Å². The second kappa shape index (κ2) is 7.17. The lowest BCUT2D eigenvalue weighted by Crippen LogP contribution is -2.45. The minimum Gasteiger partial charge on any atom is -0.337 e. The van der Waals surface area contributed by atoms with E-state index >= 15 is 0 Å². The van der Waals surface area contributed by atoms with Crippen molar-refractivity contribution in [2.24, 2.45) is 5.92 Å². The highest BCUT2D eigenvalue weighted by molar-refractivity contribution is 5.82. The van der Waals surface area contributed by atoms with Gasteiger partial charge < -0.3 is 9.42 Å². The molecule has 7 nitrogen and oxygen atoms in total. The molecule has 2 N–H and O–H groups in total. The molecule has 2 saturated heterocycles. The summed E-state index contributed by atoms with van der Waals surface area (Å²) in [5.74, 6) is 1.70. The van der Waals surface area contributed by atoms with E-state index in [0.29, 0.717) is 23.7 Å². The van der Waals surface area contributed by atoms with Gasteiger partial charge in [0.1, 0.15) is 12.1 Å². The SMILES string of the molecule is CC(C)C1CC(C(=O)N2CCCC2c2nc(-c3ccccc3)no2)NN1. The lowest BCUT2D eigenvalue weighted by atomic mass is 9.99. The second-order valence-corrected chi connectivity index (χ2v) is 7.44. The lowest BCUT2D eigenvalue weighted by Gasteiger charge is -2.24. The smallest absolute Gasteiger partial charge is 0.249 e. The number of nitrogens with zero attached hydrogens (tertiary/aromatic N) is 3. The standard InChI is InChI=1S/C19H25N5O2/c1-12(2)14-11-15(22-21-14)19(25)24-10-6-9-16(24)18-20-17(23-26-18)13-7-4-3-5-8-13/h3-5,7-8,12,14-16,21-22H,6,9-11H2,1-2H3. The molecule has 3 heterocycles. The zero-order chi connectivity index (χ0) is 18.1. The van der Waals surface area contributed by atoms with Gasteiger partial charge in [0.25, 0.3) is 0 Å². The summed E-state index contributed by atoms with van der Waals surface area (Å²) in [4.78, 5) is 19.5. The highest BCUT2D eigenvalue weighted by Crippen LogP contribution is 2.33. The summed E-state index contributed by atoms with van der Waals surface area (Å²) in [5.41, 5.74) is 7.32. The maximum Gasteiger partial charge on any atom is 0.249 e. The summed E-state index contributed by atoms with van der Waals surface area (Å²) < 4.78 is 5.51. The predicted molar refractivity (Wildman–Crippen MR) is 96.7 cm³/mol. The van der Waals surface area contributed by atoms with Crippen LogP contribution in [0.15, 0.2) is 34.9 Å². The molecule has 0 spiro atoms. The molecular weight excluding hydrogens is 330 g/mol. The van der Waals surface area contributed by atoms with Crippen LogP contribution in [-0.2, 0) is 4.79 Å². The maximum absolute atomic E-state index is 13.0. The molecule has 3 atom stereocenters. The van der Waals surface area contributed by atoms with Crippen LogP contribution < -0.4 is 10.9 Å². The third kappa shape index (κ3) is 3.24. The number of hydrogen-bond donors (Lipinski definition) is 2. The average molecular weight is 355 g/mol. The van der Waals surface area contributed by atoms with Gasteiger partial charge in [0.05, 0.1) is 0 Å². The van der Waals surface area contributed by atoms with Gasteiger partial charge in [-0.1, -0.05) is 49.3 Å². The Bertz CT molecular complexity index is 760. The van der Waals surface area contributed by atoms with E-state index in [0.717, 1.165) is 31.4 Å². The quantitative estimate of drug-likeness (QED) is 0.876. The Hall–Kier alpha value is -2.25. The number of benzene rings is 1. The van der Waals surface area contributed by atoms with Crippen molar-refractivity contribution in [2.75, 3.05) is 6.54 Å². The fraction of sp³-hybridized carbons (Fsp3) is 0.526. The summed E-state index contributed by atoms with van der Waals surface area (Å²) in [7, 11) is 0. The van der Waals surface area contributed by atoms with Gasteiger partial charge >= 0.3 is 0 Å². The van der Waals surface area contributed by atoms with Crippen LogP contribution in [-0.4, -0.2) is 39.6 Å². The Morgan fingerprint density at radius 1 is 1.27 bits per heavy atom. The molecule has 138 valence electrons. The first-order valence-electron chi connectivity index (χ1n) is 9.34. The Morgan fingerprint density at radius 3 is 2.81 bits per heavy atom. The van der Waals surface area contributed by atoms with E-state index in [1.54, 1.807) is 0 Å². The fourth-order valence-electron chi connectivity index (χ4n) is 3.74. The van der Waals surface area contributed by atoms with Gasteiger partial charge in [-0.15, -0.1) is 0 Å². The first-order chi connectivity index (χ1) is 12.6. The zero-order valence-electron chi connectivity index (χ0n) is 15.2. The van der Waals surface area contributed by atoms with Gasteiger partial charge in [-0.05, 0) is 25.2 Å². The van der Waals surface area contributed by atoms with Crippen LogP contribution in [0.1, 0.15) is 45.0 Å². The molecule has 26 heavy (non-hydrogen) atoms. The van der Waals surface area contributed by atoms with Crippen molar-refractivity contribution in [2.45, 2.75) is 51.2 Å². The molecule has 2 fully saturated rings. The zero-order valence-corrected chi connectivity index (χ0v) is 15.2. The second-order valence-electron chi connectivity index (χ2n) is 7.44. The predicted octanol–water partition coefficient (Wildman–Crippen LogP) is 2.29. The number of hydrazine groups is 1.